The molecule has 0 unspecified atom stereocenters. The molecule has 0 aromatic carbocycles. The zero-order valence-corrected chi connectivity index (χ0v) is 11.1. The van der Waals surface area contributed by atoms with E-state index in [1.54, 1.807) is 0 Å². The Bertz CT molecular complexity index is 273. The maximum atomic E-state index is 6.16. The summed E-state index contributed by atoms with van der Waals surface area (Å²) >= 11 is 0. The van der Waals surface area contributed by atoms with E-state index in [2.05, 4.69) is 39.6 Å². The second-order valence-electron chi connectivity index (χ2n) is 6.36. The van der Waals surface area contributed by atoms with Gasteiger partial charge in [-0.2, -0.15) is 0 Å². The highest BCUT2D eigenvalue weighted by Crippen LogP contribution is 2.59. The molecule has 2 atom stereocenters. The second kappa shape index (κ2) is 2.88. The molecule has 80 valence electrons. The molecule has 0 radical (unpaired) electrons. The van der Waals surface area contributed by atoms with E-state index in [0.717, 1.165) is 5.92 Å². The van der Waals surface area contributed by atoms with Gasteiger partial charge in [-0.05, 0) is 49.9 Å². The van der Waals surface area contributed by atoms with Crippen LogP contribution in [-0.2, 0) is 4.43 Å². The molecule has 1 nitrogen and oxygen atoms in total. The highest BCUT2D eigenvalue weighted by molar-refractivity contribution is 6.70. The first-order chi connectivity index (χ1) is 6.31. The lowest BCUT2D eigenvalue weighted by atomic mass is 9.50. The van der Waals surface area contributed by atoms with Crippen molar-refractivity contribution in [3.05, 3.63) is 11.8 Å². The van der Waals surface area contributed by atoms with E-state index in [4.69, 9.17) is 4.43 Å². The van der Waals surface area contributed by atoms with Crippen molar-refractivity contribution in [1.82, 2.24) is 0 Å². The fraction of sp³-hybridized carbons (Fsp3) is 0.833. The van der Waals surface area contributed by atoms with Crippen molar-refractivity contribution in [3.8, 4) is 0 Å². The van der Waals surface area contributed by atoms with Gasteiger partial charge in [0, 0.05) is 5.92 Å². The summed E-state index contributed by atoms with van der Waals surface area (Å²) in [6, 6.07) is 0. The average molecular weight is 210 g/mol. The second-order valence-corrected chi connectivity index (χ2v) is 10.8. The molecule has 0 saturated heterocycles. The van der Waals surface area contributed by atoms with E-state index >= 15 is 0 Å². The van der Waals surface area contributed by atoms with Crippen molar-refractivity contribution >= 4 is 8.32 Å². The van der Waals surface area contributed by atoms with E-state index in [0.29, 0.717) is 11.3 Å². The third kappa shape index (κ3) is 1.54. The molecule has 3 rings (SSSR count). The highest BCUT2D eigenvalue weighted by Gasteiger charge is 2.52. The predicted octanol–water partition coefficient (Wildman–Crippen LogP) is 3.79. The fourth-order valence-electron chi connectivity index (χ4n) is 2.77. The van der Waals surface area contributed by atoms with Crippen LogP contribution in [0.3, 0.4) is 0 Å². The molecule has 3 aliphatic rings. The Balaban J connectivity index is 2.11. The fourth-order valence-corrected chi connectivity index (χ4v) is 3.70. The van der Waals surface area contributed by atoms with Gasteiger partial charge in [0.25, 0.3) is 0 Å². The Morgan fingerprint density at radius 1 is 1.36 bits per heavy atom. The number of hydrogen-bond acceptors (Lipinski definition) is 1. The van der Waals surface area contributed by atoms with Crippen LogP contribution in [0.5, 0.6) is 0 Å². The van der Waals surface area contributed by atoms with Crippen molar-refractivity contribution in [1.29, 1.82) is 0 Å². The van der Waals surface area contributed by atoms with Crippen LogP contribution in [-0.4, -0.2) is 8.32 Å². The predicted molar refractivity (Wildman–Crippen MR) is 62.5 cm³/mol. The van der Waals surface area contributed by atoms with Crippen LogP contribution in [0, 0.1) is 17.3 Å². The molecule has 14 heavy (non-hydrogen) atoms. The quantitative estimate of drug-likeness (QED) is 0.630. The summed E-state index contributed by atoms with van der Waals surface area (Å²) in [7, 11) is -1.39. The molecule has 0 aliphatic heterocycles. The lowest BCUT2D eigenvalue weighted by molar-refractivity contribution is -0.0301. The zero-order chi connectivity index (χ0) is 10.6. The maximum Gasteiger partial charge on any atom is 0.241 e. The van der Waals surface area contributed by atoms with Crippen molar-refractivity contribution in [2.24, 2.45) is 17.3 Å². The smallest absolute Gasteiger partial charge is 0.241 e. The van der Waals surface area contributed by atoms with Gasteiger partial charge in [0.1, 0.15) is 0 Å². The third-order valence-electron chi connectivity index (χ3n) is 3.84. The van der Waals surface area contributed by atoms with Crippen LogP contribution < -0.4 is 0 Å². The summed E-state index contributed by atoms with van der Waals surface area (Å²) in [5, 5.41) is 0. The molecule has 0 heterocycles. The molecule has 2 heteroatoms. The summed E-state index contributed by atoms with van der Waals surface area (Å²) in [6.45, 7) is 11.6. The van der Waals surface area contributed by atoms with Gasteiger partial charge in [-0.1, -0.05) is 13.8 Å². The minimum absolute atomic E-state index is 0.504. The molecule has 3 aliphatic carbocycles. The Morgan fingerprint density at radius 2 is 2.00 bits per heavy atom. The van der Waals surface area contributed by atoms with Gasteiger partial charge in [0.2, 0.25) is 8.32 Å². The minimum Gasteiger partial charge on any atom is -0.547 e. The van der Waals surface area contributed by atoms with Gasteiger partial charge in [-0.3, -0.25) is 0 Å². The first-order valence-electron chi connectivity index (χ1n) is 5.70. The SMILES string of the molecule is CC1(C)[C@H]2CC=C(O[Si](C)(C)C)[C@@H]1C2. The van der Waals surface area contributed by atoms with Crippen LogP contribution >= 0.6 is 0 Å². The molecule has 0 aromatic heterocycles. The van der Waals surface area contributed by atoms with E-state index in [-0.39, 0.29) is 0 Å². The van der Waals surface area contributed by atoms with Crippen LogP contribution in [0.25, 0.3) is 0 Å². The van der Waals surface area contributed by atoms with E-state index in [1.807, 2.05) is 0 Å². The zero-order valence-electron chi connectivity index (χ0n) is 10.1. The van der Waals surface area contributed by atoms with E-state index < -0.39 is 8.32 Å². The summed E-state index contributed by atoms with van der Waals surface area (Å²) in [5.74, 6) is 2.95. The van der Waals surface area contributed by atoms with Crippen LogP contribution in [0.15, 0.2) is 11.8 Å². The average Bonchev–Trinajstić information content (AvgIpc) is 2.00. The van der Waals surface area contributed by atoms with Crippen molar-refractivity contribution < 1.29 is 4.43 Å². The highest BCUT2D eigenvalue weighted by atomic mass is 28.4. The lowest BCUT2D eigenvalue weighted by Gasteiger charge is -2.56. The molecule has 0 N–H and O–H groups in total. The topological polar surface area (TPSA) is 9.23 Å². The number of rotatable bonds is 2. The normalized spacial score (nSPS) is 34.5. The Labute approximate surface area is 88.7 Å². The van der Waals surface area contributed by atoms with Gasteiger partial charge in [-0.15, -0.1) is 0 Å². The monoisotopic (exact) mass is 210 g/mol. The van der Waals surface area contributed by atoms with Crippen molar-refractivity contribution in [2.75, 3.05) is 0 Å². The Morgan fingerprint density at radius 3 is 2.43 bits per heavy atom. The number of fused-ring (bicyclic) bond motifs is 1. The molecule has 1 fully saturated rings. The molecule has 1 saturated carbocycles. The summed E-state index contributed by atoms with van der Waals surface area (Å²) in [6.07, 6.45) is 4.95. The first-order valence-corrected chi connectivity index (χ1v) is 9.10. The number of hydrogen-bond donors (Lipinski definition) is 0. The van der Waals surface area contributed by atoms with Gasteiger partial charge in [-0.25, -0.2) is 0 Å². The third-order valence-corrected chi connectivity index (χ3v) is 4.69. The van der Waals surface area contributed by atoms with Crippen molar-refractivity contribution in [2.45, 2.75) is 46.3 Å². The van der Waals surface area contributed by atoms with Gasteiger partial charge >= 0.3 is 0 Å². The van der Waals surface area contributed by atoms with Crippen LogP contribution in [0.2, 0.25) is 19.6 Å². The van der Waals surface area contributed by atoms with Crippen LogP contribution in [0.1, 0.15) is 26.7 Å². The largest absolute Gasteiger partial charge is 0.547 e. The molecular formula is C12H22OSi. The van der Waals surface area contributed by atoms with E-state index in [9.17, 15) is 0 Å². The summed E-state index contributed by atoms with van der Waals surface area (Å²) in [4.78, 5) is 0. The molecule has 2 bridgehead atoms. The van der Waals surface area contributed by atoms with Gasteiger partial charge in [0.15, 0.2) is 0 Å². The van der Waals surface area contributed by atoms with E-state index in [1.165, 1.54) is 18.6 Å². The van der Waals surface area contributed by atoms with Crippen molar-refractivity contribution in [3.63, 3.8) is 0 Å². The minimum atomic E-state index is -1.39. The molecular weight excluding hydrogens is 188 g/mol. The molecule has 0 amide bonds. The number of allylic oxidation sites excluding steroid dienone is 2. The molecule has 0 spiro atoms. The van der Waals surface area contributed by atoms with Gasteiger partial charge in [0.05, 0.1) is 5.76 Å². The molecule has 0 aromatic rings. The Kier molecular flexibility index (Phi) is 2.11. The standard InChI is InChI=1S/C12H22OSi/c1-12(2)9-6-7-11(10(12)8-9)13-14(3,4)5/h7,9-10H,6,8H2,1-5H3/t9-,10-/m0/s1. The Hall–Kier alpha value is -0.243. The summed E-state index contributed by atoms with van der Waals surface area (Å²) in [5.41, 5.74) is 0.504. The lowest BCUT2D eigenvalue weighted by Crippen LogP contribution is -2.49. The maximum absolute atomic E-state index is 6.16. The summed E-state index contributed by atoms with van der Waals surface area (Å²) < 4.78 is 6.16. The van der Waals surface area contributed by atoms with Gasteiger partial charge < -0.3 is 4.43 Å². The first kappa shape index (κ1) is 10.3. The van der Waals surface area contributed by atoms with Crippen LogP contribution in [0.4, 0.5) is 0 Å².